The van der Waals surface area contributed by atoms with Crippen LogP contribution in [-0.4, -0.2) is 28.8 Å². The maximum absolute atomic E-state index is 12.6. The summed E-state index contributed by atoms with van der Waals surface area (Å²) in [5, 5.41) is 4.95. The zero-order chi connectivity index (χ0) is 19.9. The first kappa shape index (κ1) is 20.3. The van der Waals surface area contributed by atoms with E-state index in [2.05, 4.69) is 24.4 Å². The SMILES string of the molecule is CCC[C@@H](C=CC(=O)N1Cc2ccccc2C1)NC(=O)[C@@H](N)Cc1cccs1. The first-order valence-electron chi connectivity index (χ1n) is 9.69. The summed E-state index contributed by atoms with van der Waals surface area (Å²) in [6, 6.07) is 11.3. The largest absolute Gasteiger partial charge is 0.349 e. The van der Waals surface area contributed by atoms with Crippen LogP contribution >= 0.6 is 11.3 Å². The first-order valence-corrected chi connectivity index (χ1v) is 10.6. The predicted molar refractivity (Wildman–Crippen MR) is 113 cm³/mol. The number of nitrogens with one attached hydrogen (secondary N) is 1. The molecular weight excluding hydrogens is 370 g/mol. The number of carbonyl (C=O) groups is 2. The van der Waals surface area contributed by atoms with Gasteiger partial charge in [-0.2, -0.15) is 0 Å². The van der Waals surface area contributed by atoms with Gasteiger partial charge in [0.25, 0.3) is 0 Å². The van der Waals surface area contributed by atoms with Crippen molar-refractivity contribution < 1.29 is 9.59 Å². The van der Waals surface area contributed by atoms with Gasteiger partial charge in [-0.25, -0.2) is 0 Å². The fourth-order valence-electron chi connectivity index (χ4n) is 3.35. The van der Waals surface area contributed by atoms with Gasteiger partial charge < -0.3 is 16.0 Å². The van der Waals surface area contributed by atoms with Crippen molar-refractivity contribution in [3.63, 3.8) is 0 Å². The molecule has 3 N–H and O–H groups in total. The molecule has 0 saturated heterocycles. The second-order valence-corrected chi connectivity index (χ2v) is 8.15. The number of thiophene rings is 1. The summed E-state index contributed by atoms with van der Waals surface area (Å²) in [6.45, 7) is 3.32. The monoisotopic (exact) mass is 397 g/mol. The summed E-state index contributed by atoms with van der Waals surface area (Å²) in [4.78, 5) is 27.9. The molecule has 1 aromatic carbocycles. The average molecular weight is 398 g/mol. The van der Waals surface area contributed by atoms with Crippen molar-refractivity contribution in [2.75, 3.05) is 0 Å². The molecule has 0 fully saturated rings. The van der Waals surface area contributed by atoms with Crippen molar-refractivity contribution in [1.82, 2.24) is 10.2 Å². The van der Waals surface area contributed by atoms with Crippen LogP contribution in [0.5, 0.6) is 0 Å². The Kier molecular flexibility index (Phi) is 7.01. The number of carbonyl (C=O) groups excluding carboxylic acids is 2. The summed E-state index contributed by atoms with van der Waals surface area (Å²) in [5.41, 5.74) is 8.45. The molecule has 2 amide bonds. The molecular formula is C22H27N3O2S. The Hall–Kier alpha value is -2.44. The van der Waals surface area contributed by atoms with Crippen LogP contribution in [0.1, 0.15) is 35.8 Å². The third-order valence-electron chi connectivity index (χ3n) is 4.89. The molecule has 3 rings (SSSR count). The lowest BCUT2D eigenvalue weighted by atomic mass is 10.1. The number of fused-ring (bicyclic) bond motifs is 1. The molecule has 0 radical (unpaired) electrons. The lowest BCUT2D eigenvalue weighted by Crippen LogP contribution is -2.45. The fourth-order valence-corrected chi connectivity index (χ4v) is 4.11. The van der Waals surface area contributed by atoms with Gasteiger partial charge in [0.2, 0.25) is 11.8 Å². The van der Waals surface area contributed by atoms with Crippen LogP contribution in [0.25, 0.3) is 0 Å². The van der Waals surface area contributed by atoms with Crippen LogP contribution in [0.15, 0.2) is 53.9 Å². The Balaban J connectivity index is 1.55. The van der Waals surface area contributed by atoms with Crippen LogP contribution in [0.3, 0.4) is 0 Å². The van der Waals surface area contributed by atoms with Gasteiger partial charge in [-0.15, -0.1) is 11.3 Å². The third kappa shape index (κ3) is 5.30. The quantitative estimate of drug-likeness (QED) is 0.673. The fraction of sp³-hybridized carbons (Fsp3) is 0.364. The highest BCUT2D eigenvalue weighted by Gasteiger charge is 2.22. The van der Waals surface area contributed by atoms with Gasteiger partial charge in [0.1, 0.15) is 0 Å². The normalized spacial score (nSPS) is 15.4. The van der Waals surface area contributed by atoms with Crippen LogP contribution in [0, 0.1) is 0 Å². The van der Waals surface area contributed by atoms with Crippen molar-refractivity contribution in [2.45, 2.75) is 51.4 Å². The number of rotatable bonds is 8. The Morgan fingerprint density at radius 2 is 1.93 bits per heavy atom. The van der Waals surface area contributed by atoms with Gasteiger partial charge >= 0.3 is 0 Å². The highest BCUT2D eigenvalue weighted by molar-refractivity contribution is 7.09. The maximum Gasteiger partial charge on any atom is 0.246 e. The topological polar surface area (TPSA) is 75.4 Å². The molecule has 0 bridgehead atoms. The number of amides is 2. The van der Waals surface area contributed by atoms with Gasteiger partial charge in [-0.05, 0) is 29.0 Å². The van der Waals surface area contributed by atoms with Crippen molar-refractivity contribution >= 4 is 23.2 Å². The third-order valence-corrected chi connectivity index (χ3v) is 5.79. The zero-order valence-corrected chi connectivity index (χ0v) is 17.0. The van der Waals surface area contributed by atoms with Crippen LogP contribution in [0.2, 0.25) is 0 Å². The Morgan fingerprint density at radius 3 is 2.54 bits per heavy atom. The summed E-state index contributed by atoms with van der Waals surface area (Å²) in [6.07, 6.45) is 5.57. The van der Waals surface area contributed by atoms with Crippen LogP contribution < -0.4 is 11.1 Å². The summed E-state index contributed by atoms with van der Waals surface area (Å²) < 4.78 is 0. The van der Waals surface area contributed by atoms with E-state index in [1.165, 1.54) is 11.1 Å². The van der Waals surface area contributed by atoms with E-state index in [0.717, 1.165) is 17.7 Å². The van der Waals surface area contributed by atoms with Crippen molar-refractivity contribution in [3.8, 4) is 0 Å². The molecule has 2 atom stereocenters. The first-order chi connectivity index (χ1) is 13.6. The van der Waals surface area contributed by atoms with Gasteiger partial charge in [-0.1, -0.05) is 49.8 Å². The van der Waals surface area contributed by atoms with E-state index < -0.39 is 6.04 Å². The summed E-state index contributed by atoms with van der Waals surface area (Å²) in [5.74, 6) is -0.216. The number of nitrogens with two attached hydrogens (primary N) is 1. The minimum Gasteiger partial charge on any atom is -0.349 e. The number of hydrogen-bond acceptors (Lipinski definition) is 4. The number of benzene rings is 1. The lowest BCUT2D eigenvalue weighted by Gasteiger charge is -2.18. The van der Waals surface area contributed by atoms with E-state index in [9.17, 15) is 9.59 Å². The Bertz CT molecular complexity index is 807. The Labute approximate surface area is 170 Å². The molecule has 0 saturated carbocycles. The van der Waals surface area contributed by atoms with Gasteiger partial charge in [0.05, 0.1) is 6.04 Å². The highest BCUT2D eigenvalue weighted by Crippen LogP contribution is 2.22. The van der Waals surface area contributed by atoms with E-state index in [1.807, 2.05) is 34.5 Å². The smallest absolute Gasteiger partial charge is 0.246 e. The second kappa shape index (κ2) is 9.66. The molecule has 2 heterocycles. The molecule has 6 heteroatoms. The molecule has 1 aliphatic heterocycles. The molecule has 28 heavy (non-hydrogen) atoms. The van der Waals surface area contributed by atoms with Gasteiger partial charge in [0, 0.05) is 36.5 Å². The predicted octanol–water partition coefficient (Wildman–Crippen LogP) is 3.00. The van der Waals surface area contributed by atoms with Gasteiger partial charge in [-0.3, -0.25) is 9.59 Å². The van der Waals surface area contributed by atoms with E-state index >= 15 is 0 Å². The highest BCUT2D eigenvalue weighted by atomic mass is 32.1. The molecule has 5 nitrogen and oxygen atoms in total. The Morgan fingerprint density at radius 1 is 1.21 bits per heavy atom. The zero-order valence-electron chi connectivity index (χ0n) is 16.1. The molecule has 0 unspecified atom stereocenters. The minimum atomic E-state index is -0.588. The van der Waals surface area contributed by atoms with Crippen molar-refractivity contribution in [1.29, 1.82) is 0 Å². The molecule has 2 aromatic rings. The van der Waals surface area contributed by atoms with Crippen molar-refractivity contribution in [2.24, 2.45) is 5.73 Å². The average Bonchev–Trinajstić information content (AvgIpc) is 3.35. The number of hydrogen-bond donors (Lipinski definition) is 2. The lowest BCUT2D eigenvalue weighted by molar-refractivity contribution is -0.126. The standard InChI is InChI=1S/C22H27N3O2S/c1-2-6-18(24-22(27)20(23)13-19-9-5-12-28-19)10-11-21(26)25-14-16-7-3-4-8-17(16)15-25/h3-5,7-12,18,20H,2,6,13-15,23H2,1H3,(H,24,27)/t18-,20-/m0/s1. The van der Waals surface area contributed by atoms with E-state index in [-0.39, 0.29) is 17.9 Å². The minimum absolute atomic E-state index is 0.0329. The summed E-state index contributed by atoms with van der Waals surface area (Å²) >= 11 is 1.60. The van der Waals surface area contributed by atoms with Crippen molar-refractivity contribution in [3.05, 3.63) is 69.9 Å². The van der Waals surface area contributed by atoms with E-state index in [4.69, 9.17) is 5.73 Å². The second-order valence-electron chi connectivity index (χ2n) is 7.12. The summed E-state index contributed by atoms with van der Waals surface area (Å²) in [7, 11) is 0. The van der Waals surface area contributed by atoms with Crippen LogP contribution in [-0.2, 0) is 29.1 Å². The maximum atomic E-state index is 12.6. The van der Waals surface area contributed by atoms with Crippen LogP contribution in [0.4, 0.5) is 0 Å². The molecule has 0 spiro atoms. The molecule has 1 aromatic heterocycles. The van der Waals surface area contributed by atoms with Gasteiger partial charge in [0.15, 0.2) is 0 Å². The molecule has 1 aliphatic rings. The number of nitrogens with zero attached hydrogens (tertiary/aromatic N) is 1. The van der Waals surface area contributed by atoms with E-state index in [1.54, 1.807) is 23.5 Å². The molecule has 0 aliphatic carbocycles. The van der Waals surface area contributed by atoms with E-state index in [0.29, 0.717) is 19.5 Å². The molecule has 148 valence electrons.